The lowest BCUT2D eigenvalue weighted by Gasteiger charge is -2.23. The Labute approximate surface area is 133 Å². The van der Waals surface area contributed by atoms with Crippen molar-refractivity contribution in [3.63, 3.8) is 0 Å². The molecule has 23 heavy (non-hydrogen) atoms. The highest BCUT2D eigenvalue weighted by Gasteiger charge is 2.83. The molecule has 7 nitrogen and oxygen atoms in total. The number of nitrogens with zero attached hydrogens (tertiary/aromatic N) is 3. The molecule has 1 aliphatic heterocycles. The number of aliphatic hydroxyl groups is 1. The van der Waals surface area contributed by atoms with Crippen LogP contribution in [0.25, 0.3) is 5.52 Å². The minimum absolute atomic E-state index is 0.0704. The van der Waals surface area contributed by atoms with Gasteiger partial charge in [0.15, 0.2) is 11.6 Å². The van der Waals surface area contributed by atoms with Crippen molar-refractivity contribution in [3.8, 4) is 0 Å². The number of aromatic nitrogens is 3. The summed E-state index contributed by atoms with van der Waals surface area (Å²) in [5.41, 5.74) is 7.22. The van der Waals surface area contributed by atoms with Crippen LogP contribution in [0.5, 0.6) is 0 Å². The van der Waals surface area contributed by atoms with Gasteiger partial charge in [0.2, 0.25) is 0 Å². The minimum Gasteiger partial charge on any atom is -0.396 e. The molecule has 0 amide bonds. The molecular weight excluding hydrogens is 296 g/mol. The average molecular weight is 316 g/mol. The van der Waals surface area contributed by atoms with E-state index in [1.165, 1.54) is 6.33 Å². The number of aliphatic hydroxyl groups excluding tert-OH is 1. The van der Waals surface area contributed by atoms with E-state index in [0.29, 0.717) is 5.82 Å². The van der Waals surface area contributed by atoms with E-state index in [-0.39, 0.29) is 29.6 Å². The Morgan fingerprint density at radius 2 is 2.26 bits per heavy atom. The van der Waals surface area contributed by atoms with E-state index in [1.54, 1.807) is 0 Å². The van der Waals surface area contributed by atoms with Crippen LogP contribution < -0.4 is 5.73 Å². The Hall–Kier alpha value is -1.70. The van der Waals surface area contributed by atoms with Crippen LogP contribution in [0.1, 0.15) is 38.3 Å². The van der Waals surface area contributed by atoms with Gasteiger partial charge in [-0.1, -0.05) is 0 Å². The van der Waals surface area contributed by atoms with Crippen molar-refractivity contribution in [2.24, 2.45) is 5.41 Å². The molecule has 3 N–H and O–H groups in total. The predicted molar refractivity (Wildman–Crippen MR) is 81.7 cm³/mol. The largest absolute Gasteiger partial charge is 0.396 e. The van der Waals surface area contributed by atoms with Gasteiger partial charge in [-0.3, -0.25) is 0 Å². The molecule has 1 spiro atoms. The smallest absolute Gasteiger partial charge is 0.164 e. The number of rotatable bonds is 2. The molecule has 2 saturated carbocycles. The van der Waals surface area contributed by atoms with Crippen molar-refractivity contribution in [3.05, 3.63) is 24.2 Å². The van der Waals surface area contributed by atoms with Gasteiger partial charge >= 0.3 is 0 Å². The number of hydrogen-bond donors (Lipinski definition) is 2. The highest BCUT2D eigenvalue weighted by Crippen LogP contribution is 2.76. The summed E-state index contributed by atoms with van der Waals surface area (Å²) in [6.07, 6.45) is 3.09. The maximum Gasteiger partial charge on any atom is 0.164 e. The van der Waals surface area contributed by atoms with Crippen molar-refractivity contribution in [2.45, 2.75) is 50.1 Å². The van der Waals surface area contributed by atoms with Crippen LogP contribution >= 0.6 is 0 Å². The van der Waals surface area contributed by atoms with Crippen molar-refractivity contribution in [2.75, 3.05) is 12.3 Å². The van der Waals surface area contributed by atoms with Gasteiger partial charge in [0.1, 0.15) is 17.4 Å². The van der Waals surface area contributed by atoms with Crippen molar-refractivity contribution in [1.82, 2.24) is 14.6 Å². The van der Waals surface area contributed by atoms with Gasteiger partial charge in [-0.15, -0.1) is 0 Å². The lowest BCUT2D eigenvalue weighted by atomic mass is 9.93. The molecular formula is C16H20N4O3. The lowest BCUT2D eigenvalue weighted by molar-refractivity contribution is -0.161. The molecule has 3 fully saturated rings. The first-order valence-corrected chi connectivity index (χ1v) is 7.98. The second kappa shape index (κ2) is 3.85. The van der Waals surface area contributed by atoms with Gasteiger partial charge in [-0.05, 0) is 38.8 Å². The second-order valence-corrected chi connectivity index (χ2v) is 7.56. The average Bonchev–Trinajstić information content (AvgIpc) is 2.77. The summed E-state index contributed by atoms with van der Waals surface area (Å²) < 4.78 is 14.3. The molecule has 0 aromatic carbocycles. The van der Waals surface area contributed by atoms with Crippen LogP contribution in [-0.4, -0.2) is 43.8 Å². The van der Waals surface area contributed by atoms with E-state index in [4.69, 9.17) is 15.2 Å². The Kier molecular flexibility index (Phi) is 2.30. The number of fused-ring (bicyclic) bond motifs is 1. The van der Waals surface area contributed by atoms with E-state index in [1.807, 2.05) is 30.5 Å². The SMILES string of the molecule is CC1(C)O[C@H]2[C@H](c3ccc4c(N)ncnn34)C[C@@]3(CO)C[C@]23O1. The third-order valence-electron chi connectivity index (χ3n) is 5.84. The van der Waals surface area contributed by atoms with E-state index < -0.39 is 5.79 Å². The van der Waals surface area contributed by atoms with Gasteiger partial charge in [0.25, 0.3) is 0 Å². The molecule has 5 rings (SSSR count). The van der Waals surface area contributed by atoms with E-state index in [9.17, 15) is 5.11 Å². The summed E-state index contributed by atoms with van der Waals surface area (Å²) in [5.74, 6) is -0.0409. The van der Waals surface area contributed by atoms with Crippen molar-refractivity contribution >= 4 is 11.3 Å². The summed E-state index contributed by atoms with van der Waals surface area (Å²) in [6, 6.07) is 3.97. The van der Waals surface area contributed by atoms with E-state index in [0.717, 1.165) is 24.1 Å². The number of nitrogen functional groups attached to an aromatic ring is 1. The number of anilines is 1. The van der Waals surface area contributed by atoms with Gasteiger partial charge in [-0.25, -0.2) is 9.50 Å². The Morgan fingerprint density at radius 1 is 1.43 bits per heavy atom. The number of hydrogen-bond acceptors (Lipinski definition) is 6. The lowest BCUT2D eigenvalue weighted by Crippen LogP contribution is -2.29. The van der Waals surface area contributed by atoms with Gasteiger partial charge in [-0.2, -0.15) is 5.10 Å². The molecule has 2 aromatic rings. The van der Waals surface area contributed by atoms with Crippen LogP contribution in [0, 0.1) is 5.41 Å². The fraction of sp³-hybridized carbons (Fsp3) is 0.625. The first-order valence-electron chi connectivity index (χ1n) is 7.98. The third-order valence-corrected chi connectivity index (χ3v) is 5.84. The Balaban J connectivity index is 1.63. The highest BCUT2D eigenvalue weighted by atomic mass is 16.8. The molecule has 3 aliphatic rings. The molecule has 0 bridgehead atoms. The zero-order chi connectivity index (χ0) is 16.0. The molecule has 2 aromatic heterocycles. The maximum absolute atomic E-state index is 9.96. The molecule has 2 aliphatic carbocycles. The fourth-order valence-corrected chi connectivity index (χ4v) is 4.87. The van der Waals surface area contributed by atoms with Crippen molar-refractivity contribution in [1.29, 1.82) is 0 Å². The molecule has 0 radical (unpaired) electrons. The summed E-state index contributed by atoms with van der Waals surface area (Å²) in [4.78, 5) is 4.04. The molecule has 7 heteroatoms. The van der Waals surface area contributed by atoms with Gasteiger partial charge in [0, 0.05) is 17.0 Å². The zero-order valence-corrected chi connectivity index (χ0v) is 13.2. The van der Waals surface area contributed by atoms with E-state index in [2.05, 4.69) is 10.1 Å². The Morgan fingerprint density at radius 3 is 3.04 bits per heavy atom. The maximum atomic E-state index is 9.96. The number of ether oxygens (including phenoxy) is 2. The van der Waals surface area contributed by atoms with Crippen LogP contribution in [0.4, 0.5) is 5.82 Å². The van der Waals surface area contributed by atoms with Crippen LogP contribution in [0.15, 0.2) is 18.5 Å². The Bertz CT molecular complexity index is 819. The first kappa shape index (κ1) is 13.7. The highest BCUT2D eigenvalue weighted by molar-refractivity contribution is 5.65. The normalized spacial score (nSPS) is 40.3. The zero-order valence-electron chi connectivity index (χ0n) is 13.2. The molecule has 3 heterocycles. The summed E-state index contributed by atoms with van der Waals surface area (Å²) in [7, 11) is 0. The van der Waals surface area contributed by atoms with Crippen molar-refractivity contribution < 1.29 is 14.6 Å². The monoisotopic (exact) mass is 316 g/mol. The summed E-state index contributed by atoms with van der Waals surface area (Å²) >= 11 is 0. The molecule has 1 saturated heterocycles. The predicted octanol–water partition coefficient (Wildman–Crippen LogP) is 1.07. The summed E-state index contributed by atoms with van der Waals surface area (Å²) in [6.45, 7) is 4.00. The first-order chi connectivity index (χ1) is 10.9. The van der Waals surface area contributed by atoms with Gasteiger partial charge in [0.05, 0.1) is 12.7 Å². The quantitative estimate of drug-likeness (QED) is 0.860. The second-order valence-electron chi connectivity index (χ2n) is 7.56. The van der Waals surface area contributed by atoms with E-state index >= 15 is 0 Å². The van der Waals surface area contributed by atoms with Crippen LogP contribution in [0.2, 0.25) is 0 Å². The molecule has 4 atom stereocenters. The molecule has 0 unspecified atom stereocenters. The van der Waals surface area contributed by atoms with Crippen LogP contribution in [0.3, 0.4) is 0 Å². The fourth-order valence-electron chi connectivity index (χ4n) is 4.87. The molecule has 122 valence electrons. The third kappa shape index (κ3) is 1.50. The number of nitrogens with two attached hydrogens (primary N) is 1. The van der Waals surface area contributed by atoms with Gasteiger partial charge < -0.3 is 20.3 Å². The van der Waals surface area contributed by atoms with Crippen LogP contribution in [-0.2, 0) is 9.47 Å². The summed E-state index contributed by atoms with van der Waals surface area (Å²) in [5, 5.41) is 14.3. The standard InChI is InChI=1S/C16H20N4O3/c1-14(2)22-12-9(5-15(7-21)6-16(12,15)23-14)10-3-4-11-13(17)18-8-19-20(10)11/h3-4,8-9,12,21H,5-7H2,1-2H3,(H2,17,18,19)/t9-,12-,15-,16-/m0/s1. The minimum atomic E-state index is -0.624. The topological polar surface area (TPSA) is 94.9 Å².